The van der Waals surface area contributed by atoms with E-state index in [1.165, 1.54) is 0 Å². The van der Waals surface area contributed by atoms with Crippen molar-refractivity contribution >= 4 is 15.9 Å². The average Bonchev–Trinajstić information content (AvgIpc) is 2.26. The molecule has 90 valence electrons. The van der Waals surface area contributed by atoms with E-state index in [0.29, 0.717) is 19.0 Å². The molecule has 1 N–H and O–H groups in total. The van der Waals surface area contributed by atoms with E-state index in [1.807, 2.05) is 13.8 Å². The van der Waals surface area contributed by atoms with Gasteiger partial charge in [-0.05, 0) is 55.6 Å². The summed E-state index contributed by atoms with van der Waals surface area (Å²) < 4.78 is 26.3. The van der Waals surface area contributed by atoms with E-state index in [4.69, 9.17) is 0 Å². The van der Waals surface area contributed by atoms with Crippen LogP contribution in [0.15, 0.2) is 0 Å². The topological polar surface area (TPSA) is 23.5 Å². The van der Waals surface area contributed by atoms with Gasteiger partial charge in [0.2, 0.25) is 0 Å². The molecule has 1 heterocycles. The molecule has 1 aliphatic rings. The molecule has 15 heavy (non-hydrogen) atoms. The second-order valence-electron chi connectivity index (χ2n) is 4.51. The fourth-order valence-electron chi connectivity index (χ4n) is 1.94. The van der Waals surface area contributed by atoms with E-state index in [0.717, 1.165) is 6.54 Å². The van der Waals surface area contributed by atoms with Gasteiger partial charge < -0.3 is 10.0 Å². The van der Waals surface area contributed by atoms with Crippen LogP contribution < -0.4 is 0 Å². The first kappa shape index (κ1) is 13.3. The minimum absolute atomic E-state index is 0.115. The fourth-order valence-corrected chi connectivity index (χ4v) is 2.34. The molecule has 0 saturated carbocycles. The van der Waals surface area contributed by atoms with Crippen molar-refractivity contribution in [2.24, 2.45) is 0 Å². The molecule has 1 aliphatic heterocycles. The van der Waals surface area contributed by atoms with E-state index >= 15 is 0 Å². The molecule has 0 spiro atoms. The van der Waals surface area contributed by atoms with E-state index in [1.54, 1.807) is 0 Å². The number of alkyl halides is 3. The summed E-state index contributed by atoms with van der Waals surface area (Å²) in [5.41, 5.74) is -1.89. The predicted octanol–water partition coefficient (Wildman–Crippen LogP) is 2.60. The first-order valence-electron chi connectivity index (χ1n) is 5.29. The molecule has 5 heteroatoms. The highest BCUT2D eigenvalue weighted by Crippen LogP contribution is 2.41. The van der Waals surface area contributed by atoms with Crippen molar-refractivity contribution in [2.45, 2.75) is 49.6 Å². The highest BCUT2D eigenvalue weighted by Gasteiger charge is 2.50. The quantitative estimate of drug-likeness (QED) is 0.789. The molecule has 1 unspecified atom stereocenters. The van der Waals surface area contributed by atoms with Gasteiger partial charge in [-0.3, -0.25) is 0 Å². The third-order valence-electron chi connectivity index (χ3n) is 3.11. The Bertz CT molecular complexity index is 220. The summed E-state index contributed by atoms with van der Waals surface area (Å²) in [5, 5.41) is 9.86. The molecule has 2 nitrogen and oxygen atoms in total. The first-order valence-corrected chi connectivity index (χ1v) is 6.09. The van der Waals surface area contributed by atoms with Crippen LogP contribution in [0.4, 0.5) is 8.78 Å². The van der Waals surface area contributed by atoms with Gasteiger partial charge in [0.05, 0.1) is 0 Å². The van der Waals surface area contributed by atoms with Crippen LogP contribution in [0.3, 0.4) is 0 Å². The SMILES string of the molecule is CC(C)N1CCCC(O)(C(F)(F)Br)CC1. The molecule has 0 radical (unpaired) electrons. The molecule has 0 aromatic carbocycles. The highest BCUT2D eigenvalue weighted by molar-refractivity contribution is 9.10. The van der Waals surface area contributed by atoms with Crippen LogP contribution in [-0.4, -0.2) is 39.6 Å². The average molecular weight is 286 g/mol. The number of nitrogens with zero attached hydrogens (tertiary/aromatic N) is 1. The Morgan fingerprint density at radius 1 is 1.33 bits per heavy atom. The van der Waals surface area contributed by atoms with Crippen molar-refractivity contribution in [3.8, 4) is 0 Å². The minimum Gasteiger partial charge on any atom is -0.383 e. The molecule has 1 atom stereocenters. The van der Waals surface area contributed by atoms with Crippen molar-refractivity contribution in [1.29, 1.82) is 0 Å². The van der Waals surface area contributed by atoms with Gasteiger partial charge in [0.25, 0.3) is 0 Å². The summed E-state index contributed by atoms with van der Waals surface area (Å²) in [5.74, 6) is 0. The van der Waals surface area contributed by atoms with Crippen LogP contribution in [0.5, 0.6) is 0 Å². The van der Waals surface area contributed by atoms with Crippen LogP contribution in [0.25, 0.3) is 0 Å². The van der Waals surface area contributed by atoms with E-state index in [9.17, 15) is 13.9 Å². The van der Waals surface area contributed by atoms with Crippen LogP contribution >= 0.6 is 15.9 Å². The third kappa shape index (κ3) is 3.11. The van der Waals surface area contributed by atoms with Crippen molar-refractivity contribution in [1.82, 2.24) is 4.90 Å². The summed E-state index contributed by atoms with van der Waals surface area (Å²) >= 11 is 2.29. The van der Waals surface area contributed by atoms with E-state index in [-0.39, 0.29) is 12.8 Å². The molecular formula is C10H18BrF2NO. The minimum atomic E-state index is -3.19. The maximum Gasteiger partial charge on any atom is 0.329 e. The molecule has 0 aromatic heterocycles. The predicted molar refractivity (Wildman–Crippen MR) is 59.4 cm³/mol. The van der Waals surface area contributed by atoms with Crippen LogP contribution in [-0.2, 0) is 0 Å². The molecule has 0 aromatic rings. The smallest absolute Gasteiger partial charge is 0.329 e. The Balaban J connectivity index is 2.67. The zero-order valence-corrected chi connectivity index (χ0v) is 10.7. The monoisotopic (exact) mass is 285 g/mol. The lowest BCUT2D eigenvalue weighted by molar-refractivity contribution is -0.123. The second-order valence-corrected chi connectivity index (χ2v) is 5.51. The lowest BCUT2D eigenvalue weighted by Gasteiger charge is -2.31. The third-order valence-corrected chi connectivity index (χ3v) is 3.84. The summed E-state index contributed by atoms with van der Waals surface area (Å²) in [6.45, 7) is 5.38. The van der Waals surface area contributed by atoms with Crippen molar-refractivity contribution in [3.05, 3.63) is 0 Å². The molecule has 0 amide bonds. The van der Waals surface area contributed by atoms with Gasteiger partial charge in [0, 0.05) is 12.6 Å². The highest BCUT2D eigenvalue weighted by atomic mass is 79.9. The van der Waals surface area contributed by atoms with Gasteiger partial charge in [0.15, 0.2) is 0 Å². The summed E-state index contributed by atoms with van der Waals surface area (Å²) in [7, 11) is 0. The summed E-state index contributed by atoms with van der Waals surface area (Å²) in [6, 6.07) is 0.344. The zero-order chi connectivity index (χ0) is 11.7. The number of hydrogen-bond acceptors (Lipinski definition) is 2. The lowest BCUT2D eigenvalue weighted by Crippen LogP contribution is -2.45. The maximum absolute atomic E-state index is 13.1. The van der Waals surface area contributed by atoms with Gasteiger partial charge >= 0.3 is 4.83 Å². The number of hydrogen-bond donors (Lipinski definition) is 1. The Labute approximate surface area is 97.8 Å². The normalized spacial score (nSPS) is 30.6. The van der Waals surface area contributed by atoms with Gasteiger partial charge in [-0.25, -0.2) is 0 Å². The summed E-state index contributed by atoms with van der Waals surface area (Å²) in [4.78, 5) is -1.07. The number of aliphatic hydroxyl groups is 1. The largest absolute Gasteiger partial charge is 0.383 e. The number of halogens is 3. The molecule has 0 bridgehead atoms. The Morgan fingerprint density at radius 2 is 1.93 bits per heavy atom. The lowest BCUT2D eigenvalue weighted by atomic mass is 9.95. The first-order chi connectivity index (χ1) is 6.76. The number of rotatable bonds is 2. The van der Waals surface area contributed by atoms with Crippen LogP contribution in [0.1, 0.15) is 33.1 Å². The van der Waals surface area contributed by atoms with Gasteiger partial charge in [-0.2, -0.15) is 8.78 Å². The van der Waals surface area contributed by atoms with Crippen molar-refractivity contribution < 1.29 is 13.9 Å². The Kier molecular flexibility index (Phi) is 4.12. The van der Waals surface area contributed by atoms with E-state index < -0.39 is 10.4 Å². The van der Waals surface area contributed by atoms with Crippen molar-refractivity contribution in [2.75, 3.05) is 13.1 Å². The van der Waals surface area contributed by atoms with Crippen LogP contribution in [0.2, 0.25) is 0 Å². The second kappa shape index (κ2) is 4.63. The Hall–Kier alpha value is 0.260. The van der Waals surface area contributed by atoms with Gasteiger partial charge in [-0.1, -0.05) is 0 Å². The maximum atomic E-state index is 13.1. The molecule has 1 saturated heterocycles. The van der Waals surface area contributed by atoms with Gasteiger partial charge in [-0.15, -0.1) is 0 Å². The molecule has 1 rings (SSSR count). The molecular weight excluding hydrogens is 268 g/mol. The fraction of sp³-hybridized carbons (Fsp3) is 1.00. The molecule has 0 aliphatic carbocycles. The Morgan fingerprint density at radius 3 is 2.40 bits per heavy atom. The van der Waals surface area contributed by atoms with E-state index in [2.05, 4.69) is 20.8 Å². The van der Waals surface area contributed by atoms with Crippen molar-refractivity contribution in [3.63, 3.8) is 0 Å². The number of likely N-dealkylation sites (tertiary alicyclic amines) is 1. The van der Waals surface area contributed by atoms with Gasteiger partial charge in [0.1, 0.15) is 5.60 Å². The van der Waals surface area contributed by atoms with Crippen LogP contribution in [0, 0.1) is 0 Å². The standard InChI is InChI=1S/C10H18BrF2NO/c1-8(2)14-6-3-4-9(15,5-7-14)10(11,12)13/h8,15H,3-7H2,1-2H3. The zero-order valence-electron chi connectivity index (χ0n) is 9.14. The molecule has 1 fully saturated rings. The summed E-state index contributed by atoms with van der Waals surface area (Å²) in [6.07, 6.45) is 0.869.